The van der Waals surface area contributed by atoms with Gasteiger partial charge in [0, 0.05) is 49.9 Å². The quantitative estimate of drug-likeness (QED) is 0.596. The summed E-state index contributed by atoms with van der Waals surface area (Å²) in [4.78, 5) is 21.8. The van der Waals surface area contributed by atoms with Crippen molar-refractivity contribution in [1.82, 2.24) is 15.0 Å². The van der Waals surface area contributed by atoms with Crippen molar-refractivity contribution in [1.29, 1.82) is 0 Å². The van der Waals surface area contributed by atoms with Crippen LogP contribution in [0.1, 0.15) is 27.4 Å². The highest BCUT2D eigenvalue weighted by atomic mass is 32.2. The standard InChI is InChI=1S/C22H24N4O2S/c1-16-5-3-6-19(13-16)25-9-11-26(12-10-25)22(27)20-7-4-8-23-21(20)29-15-18-14-17(2)28-24-18/h3-8,13-14H,9-12,15H2,1-2H3. The van der Waals surface area contributed by atoms with E-state index in [9.17, 15) is 4.79 Å². The van der Waals surface area contributed by atoms with Gasteiger partial charge in [-0.05, 0) is 43.7 Å². The van der Waals surface area contributed by atoms with Crippen LogP contribution in [0.15, 0.2) is 58.2 Å². The molecule has 150 valence electrons. The molecule has 7 heteroatoms. The number of amides is 1. The molecule has 3 aromatic rings. The Bertz CT molecular complexity index is 996. The molecular weight excluding hydrogens is 384 g/mol. The van der Waals surface area contributed by atoms with Gasteiger partial charge in [0.2, 0.25) is 0 Å². The summed E-state index contributed by atoms with van der Waals surface area (Å²) >= 11 is 1.51. The first-order valence-electron chi connectivity index (χ1n) is 9.71. The predicted octanol–water partition coefficient (Wildman–Crippen LogP) is 3.94. The Balaban J connectivity index is 1.41. The van der Waals surface area contributed by atoms with Gasteiger partial charge < -0.3 is 14.3 Å². The van der Waals surface area contributed by atoms with Crippen LogP contribution in [0.4, 0.5) is 5.69 Å². The van der Waals surface area contributed by atoms with E-state index in [1.54, 1.807) is 6.20 Å². The summed E-state index contributed by atoms with van der Waals surface area (Å²) in [5.74, 6) is 1.45. The van der Waals surface area contributed by atoms with Crippen LogP contribution in [-0.2, 0) is 5.75 Å². The highest BCUT2D eigenvalue weighted by molar-refractivity contribution is 7.98. The Morgan fingerprint density at radius 1 is 1.10 bits per heavy atom. The average Bonchev–Trinajstić information content (AvgIpc) is 3.17. The number of piperazine rings is 1. The molecule has 0 N–H and O–H groups in total. The van der Waals surface area contributed by atoms with Crippen molar-refractivity contribution in [3.63, 3.8) is 0 Å². The van der Waals surface area contributed by atoms with E-state index in [2.05, 4.69) is 46.2 Å². The predicted molar refractivity (Wildman–Crippen MR) is 114 cm³/mol. The average molecular weight is 409 g/mol. The molecule has 29 heavy (non-hydrogen) atoms. The largest absolute Gasteiger partial charge is 0.368 e. The summed E-state index contributed by atoms with van der Waals surface area (Å²) in [6.45, 7) is 7.04. The van der Waals surface area contributed by atoms with E-state index in [1.807, 2.05) is 30.0 Å². The van der Waals surface area contributed by atoms with Gasteiger partial charge in [0.05, 0.1) is 11.3 Å². The molecule has 0 saturated carbocycles. The maximum absolute atomic E-state index is 13.2. The van der Waals surface area contributed by atoms with E-state index in [0.29, 0.717) is 24.4 Å². The Labute approximate surface area is 174 Å². The van der Waals surface area contributed by atoms with Crippen molar-refractivity contribution < 1.29 is 9.32 Å². The molecule has 1 aromatic carbocycles. The smallest absolute Gasteiger partial charge is 0.256 e. The maximum Gasteiger partial charge on any atom is 0.256 e. The topological polar surface area (TPSA) is 62.5 Å². The third kappa shape index (κ3) is 4.62. The number of thioether (sulfide) groups is 1. The number of pyridine rings is 1. The van der Waals surface area contributed by atoms with Crippen LogP contribution in [0.3, 0.4) is 0 Å². The lowest BCUT2D eigenvalue weighted by Crippen LogP contribution is -2.49. The molecule has 0 aliphatic carbocycles. The van der Waals surface area contributed by atoms with Gasteiger partial charge in [-0.2, -0.15) is 0 Å². The van der Waals surface area contributed by atoms with Crippen LogP contribution >= 0.6 is 11.8 Å². The second kappa shape index (κ2) is 8.69. The fourth-order valence-electron chi connectivity index (χ4n) is 3.46. The third-order valence-corrected chi connectivity index (χ3v) is 6.01. The van der Waals surface area contributed by atoms with Crippen molar-refractivity contribution in [2.24, 2.45) is 0 Å². The summed E-state index contributed by atoms with van der Waals surface area (Å²) in [7, 11) is 0. The highest BCUT2D eigenvalue weighted by Crippen LogP contribution is 2.26. The van der Waals surface area contributed by atoms with Gasteiger partial charge in [-0.3, -0.25) is 4.79 Å². The summed E-state index contributed by atoms with van der Waals surface area (Å²) in [5.41, 5.74) is 3.98. The molecule has 1 amide bonds. The number of rotatable bonds is 5. The number of hydrogen-bond donors (Lipinski definition) is 0. The molecule has 0 atom stereocenters. The first-order valence-corrected chi connectivity index (χ1v) is 10.7. The maximum atomic E-state index is 13.2. The van der Waals surface area contributed by atoms with E-state index < -0.39 is 0 Å². The first-order chi connectivity index (χ1) is 14.1. The number of carbonyl (C=O) groups excluding carboxylic acids is 1. The van der Waals surface area contributed by atoms with Crippen molar-refractivity contribution in [3.8, 4) is 0 Å². The molecule has 1 saturated heterocycles. The minimum atomic E-state index is 0.0424. The summed E-state index contributed by atoms with van der Waals surface area (Å²) in [6.07, 6.45) is 1.73. The Morgan fingerprint density at radius 3 is 2.66 bits per heavy atom. The Kier molecular flexibility index (Phi) is 5.85. The lowest BCUT2D eigenvalue weighted by atomic mass is 10.1. The lowest BCUT2D eigenvalue weighted by molar-refractivity contribution is 0.0742. The van der Waals surface area contributed by atoms with Crippen molar-refractivity contribution in [2.75, 3.05) is 31.1 Å². The molecule has 3 heterocycles. The van der Waals surface area contributed by atoms with Gasteiger partial charge in [-0.15, -0.1) is 0 Å². The highest BCUT2D eigenvalue weighted by Gasteiger charge is 2.24. The minimum absolute atomic E-state index is 0.0424. The Hall–Kier alpha value is -2.80. The normalized spacial score (nSPS) is 14.3. The number of benzene rings is 1. The number of aryl methyl sites for hydroxylation is 2. The van der Waals surface area contributed by atoms with Gasteiger partial charge in [-0.25, -0.2) is 4.98 Å². The fourth-order valence-corrected chi connectivity index (χ4v) is 4.33. The van der Waals surface area contributed by atoms with Crippen LogP contribution in [0, 0.1) is 13.8 Å². The molecule has 1 aliphatic heterocycles. The number of carbonyl (C=O) groups is 1. The molecule has 4 rings (SSSR count). The summed E-state index contributed by atoms with van der Waals surface area (Å²) in [6, 6.07) is 14.1. The zero-order valence-corrected chi connectivity index (χ0v) is 17.5. The molecule has 1 fully saturated rings. The third-order valence-electron chi connectivity index (χ3n) is 4.97. The second-order valence-electron chi connectivity index (χ2n) is 7.19. The summed E-state index contributed by atoms with van der Waals surface area (Å²) in [5, 5.41) is 4.75. The van der Waals surface area contributed by atoms with Crippen LogP contribution < -0.4 is 4.90 Å². The summed E-state index contributed by atoms with van der Waals surface area (Å²) < 4.78 is 5.12. The van der Waals surface area contributed by atoms with Gasteiger partial charge in [0.1, 0.15) is 10.8 Å². The van der Waals surface area contributed by atoms with Crippen LogP contribution in [-0.4, -0.2) is 47.1 Å². The monoisotopic (exact) mass is 408 g/mol. The van der Waals surface area contributed by atoms with Gasteiger partial charge in [-0.1, -0.05) is 29.1 Å². The molecule has 1 aliphatic rings. The number of nitrogens with zero attached hydrogens (tertiary/aromatic N) is 4. The van der Waals surface area contributed by atoms with Crippen LogP contribution in [0.25, 0.3) is 0 Å². The number of aromatic nitrogens is 2. The van der Waals surface area contributed by atoms with Gasteiger partial charge in [0.25, 0.3) is 5.91 Å². The molecule has 0 radical (unpaired) electrons. The SMILES string of the molecule is Cc1cccc(N2CCN(C(=O)c3cccnc3SCc3cc(C)on3)CC2)c1. The van der Waals surface area contributed by atoms with E-state index in [4.69, 9.17) is 4.52 Å². The van der Waals surface area contributed by atoms with Crippen molar-refractivity contribution in [2.45, 2.75) is 24.6 Å². The molecule has 2 aromatic heterocycles. The fraction of sp³-hybridized carbons (Fsp3) is 0.318. The molecule has 0 unspecified atom stereocenters. The molecular formula is C22H24N4O2S. The minimum Gasteiger partial charge on any atom is -0.368 e. The van der Waals surface area contributed by atoms with Crippen molar-refractivity contribution in [3.05, 3.63) is 71.2 Å². The Morgan fingerprint density at radius 2 is 1.93 bits per heavy atom. The van der Waals surface area contributed by atoms with Gasteiger partial charge in [0.15, 0.2) is 0 Å². The first kappa shape index (κ1) is 19.5. The van der Waals surface area contributed by atoms with Crippen LogP contribution in [0.5, 0.6) is 0 Å². The number of anilines is 1. The van der Waals surface area contributed by atoms with Gasteiger partial charge >= 0.3 is 0 Å². The van der Waals surface area contributed by atoms with E-state index in [0.717, 1.165) is 29.6 Å². The molecule has 0 bridgehead atoms. The molecule has 0 spiro atoms. The van der Waals surface area contributed by atoms with E-state index >= 15 is 0 Å². The number of hydrogen-bond acceptors (Lipinski definition) is 6. The van der Waals surface area contributed by atoms with Crippen molar-refractivity contribution >= 4 is 23.4 Å². The van der Waals surface area contributed by atoms with E-state index in [-0.39, 0.29) is 5.91 Å². The zero-order chi connectivity index (χ0) is 20.2. The lowest BCUT2D eigenvalue weighted by Gasteiger charge is -2.36. The second-order valence-corrected chi connectivity index (χ2v) is 8.16. The zero-order valence-electron chi connectivity index (χ0n) is 16.7. The molecule has 6 nitrogen and oxygen atoms in total. The van der Waals surface area contributed by atoms with Crippen LogP contribution in [0.2, 0.25) is 0 Å². The van der Waals surface area contributed by atoms with E-state index in [1.165, 1.54) is 23.0 Å².